The maximum absolute atomic E-state index is 12.0. The Kier molecular flexibility index (Phi) is 7.05. The second-order valence-electron chi connectivity index (χ2n) is 4.36. The summed E-state index contributed by atoms with van der Waals surface area (Å²) in [5.41, 5.74) is 2.15. The molecule has 19 heavy (non-hydrogen) atoms. The molecular formula is C14H23NO3S. The van der Waals surface area contributed by atoms with E-state index >= 15 is 0 Å². The predicted molar refractivity (Wildman–Crippen MR) is 79.1 cm³/mol. The molecule has 1 aromatic carbocycles. The summed E-state index contributed by atoms with van der Waals surface area (Å²) in [4.78, 5) is 0. The van der Waals surface area contributed by atoms with Crippen molar-refractivity contribution < 1.29 is 13.7 Å². The molecule has 0 aliphatic carbocycles. The Bertz CT molecular complexity index is 423. The molecule has 0 bridgehead atoms. The number of nitrogens with one attached hydrogen (secondary N) is 1. The number of hydrogen-bond acceptors (Lipinski definition) is 4. The van der Waals surface area contributed by atoms with E-state index in [1.807, 2.05) is 19.2 Å². The predicted octanol–water partition coefficient (Wildman–Crippen LogP) is 1.87. The van der Waals surface area contributed by atoms with Gasteiger partial charge in [0.05, 0.1) is 19.5 Å². The van der Waals surface area contributed by atoms with Gasteiger partial charge in [0, 0.05) is 35.3 Å². The highest BCUT2D eigenvalue weighted by atomic mass is 32.2. The van der Waals surface area contributed by atoms with Crippen LogP contribution in [0.25, 0.3) is 0 Å². The van der Waals surface area contributed by atoms with E-state index in [4.69, 9.17) is 9.47 Å². The molecule has 0 saturated carbocycles. The molecule has 2 atom stereocenters. The Labute approximate surface area is 118 Å². The van der Waals surface area contributed by atoms with Crippen molar-refractivity contribution in [3.8, 4) is 5.75 Å². The van der Waals surface area contributed by atoms with Gasteiger partial charge in [0.15, 0.2) is 0 Å². The number of benzene rings is 1. The van der Waals surface area contributed by atoms with Gasteiger partial charge in [0.2, 0.25) is 0 Å². The summed E-state index contributed by atoms with van der Waals surface area (Å²) >= 11 is 0. The van der Waals surface area contributed by atoms with E-state index in [1.54, 1.807) is 14.2 Å². The van der Waals surface area contributed by atoms with Crippen LogP contribution >= 0.6 is 0 Å². The molecule has 108 valence electrons. The number of ether oxygens (including phenoxy) is 2. The lowest BCUT2D eigenvalue weighted by Crippen LogP contribution is -2.13. The molecule has 5 heteroatoms. The molecule has 0 spiro atoms. The normalized spacial score (nSPS) is 14.1. The summed E-state index contributed by atoms with van der Waals surface area (Å²) in [7, 11) is 4.25. The van der Waals surface area contributed by atoms with Crippen molar-refractivity contribution in [1.29, 1.82) is 0 Å². The van der Waals surface area contributed by atoms with Gasteiger partial charge in [-0.2, -0.15) is 0 Å². The second-order valence-corrected chi connectivity index (χ2v) is 5.94. The van der Waals surface area contributed by atoms with Gasteiger partial charge in [-0.1, -0.05) is 6.07 Å². The van der Waals surface area contributed by atoms with Crippen LogP contribution in [-0.2, 0) is 21.3 Å². The fourth-order valence-electron chi connectivity index (χ4n) is 1.77. The topological polar surface area (TPSA) is 47.6 Å². The molecule has 0 aliphatic heterocycles. The van der Waals surface area contributed by atoms with Crippen LogP contribution in [0.1, 0.15) is 24.1 Å². The van der Waals surface area contributed by atoms with Gasteiger partial charge in [0.1, 0.15) is 5.75 Å². The van der Waals surface area contributed by atoms with Crippen LogP contribution in [0.4, 0.5) is 0 Å². The van der Waals surface area contributed by atoms with Crippen LogP contribution in [0.15, 0.2) is 18.2 Å². The fraction of sp³-hybridized carbons (Fsp3) is 0.571. The van der Waals surface area contributed by atoms with E-state index in [9.17, 15) is 4.21 Å². The van der Waals surface area contributed by atoms with Gasteiger partial charge in [-0.25, -0.2) is 0 Å². The maximum atomic E-state index is 12.0. The van der Waals surface area contributed by atoms with Crippen molar-refractivity contribution in [2.75, 3.05) is 33.6 Å². The number of methoxy groups -OCH3 is 2. The zero-order valence-electron chi connectivity index (χ0n) is 12.1. The van der Waals surface area contributed by atoms with Crippen LogP contribution in [0.5, 0.6) is 5.75 Å². The zero-order chi connectivity index (χ0) is 14.3. The molecule has 0 amide bonds. The van der Waals surface area contributed by atoms with Crippen molar-refractivity contribution in [3.05, 3.63) is 29.3 Å². The van der Waals surface area contributed by atoms with E-state index < -0.39 is 10.8 Å². The molecule has 0 fully saturated rings. The summed E-state index contributed by atoms with van der Waals surface area (Å²) in [5.74, 6) is 1.83. The first-order chi connectivity index (χ1) is 9.12. The van der Waals surface area contributed by atoms with Gasteiger partial charge in [-0.15, -0.1) is 0 Å². The standard InChI is InChI=1S/C14H23NO3S/c1-11(15-2)12-5-6-14(18-4)13(9-12)10-19(16)8-7-17-3/h5-6,9,11,15H,7-8,10H2,1-4H3. The molecule has 0 saturated heterocycles. The smallest absolute Gasteiger partial charge is 0.123 e. The van der Waals surface area contributed by atoms with E-state index in [-0.39, 0.29) is 6.04 Å². The number of rotatable bonds is 8. The van der Waals surface area contributed by atoms with Crippen LogP contribution < -0.4 is 10.1 Å². The minimum Gasteiger partial charge on any atom is -0.496 e. The Morgan fingerprint density at radius 2 is 2.11 bits per heavy atom. The van der Waals surface area contributed by atoms with Crippen LogP contribution in [0.3, 0.4) is 0 Å². The van der Waals surface area contributed by atoms with Gasteiger partial charge < -0.3 is 14.8 Å². The van der Waals surface area contributed by atoms with Crippen molar-refractivity contribution in [2.24, 2.45) is 0 Å². The van der Waals surface area contributed by atoms with Gasteiger partial charge in [-0.05, 0) is 31.7 Å². The van der Waals surface area contributed by atoms with Crippen molar-refractivity contribution in [2.45, 2.75) is 18.7 Å². The Morgan fingerprint density at radius 1 is 1.37 bits per heavy atom. The third-order valence-corrected chi connectivity index (χ3v) is 4.32. The molecular weight excluding hydrogens is 262 g/mol. The molecule has 0 heterocycles. The SMILES string of the molecule is CNC(C)c1ccc(OC)c(CS(=O)CCOC)c1. The van der Waals surface area contributed by atoms with E-state index in [1.165, 1.54) is 5.56 Å². The summed E-state index contributed by atoms with van der Waals surface area (Å²) in [6.45, 7) is 2.61. The third kappa shape index (κ3) is 4.93. The van der Waals surface area contributed by atoms with Crippen molar-refractivity contribution in [3.63, 3.8) is 0 Å². The van der Waals surface area contributed by atoms with Crippen molar-refractivity contribution >= 4 is 10.8 Å². The molecule has 2 unspecified atom stereocenters. The van der Waals surface area contributed by atoms with Crippen LogP contribution in [-0.4, -0.2) is 37.8 Å². The monoisotopic (exact) mass is 285 g/mol. The molecule has 1 N–H and O–H groups in total. The summed E-state index contributed by atoms with van der Waals surface area (Å²) < 4.78 is 22.2. The Balaban J connectivity index is 2.86. The van der Waals surface area contributed by atoms with Crippen molar-refractivity contribution in [1.82, 2.24) is 5.32 Å². The highest BCUT2D eigenvalue weighted by Gasteiger charge is 2.11. The second kappa shape index (κ2) is 8.30. The average Bonchev–Trinajstić information content (AvgIpc) is 2.44. The lowest BCUT2D eigenvalue weighted by molar-refractivity contribution is 0.218. The van der Waals surface area contributed by atoms with E-state index in [2.05, 4.69) is 18.3 Å². The minimum atomic E-state index is -0.932. The quantitative estimate of drug-likeness (QED) is 0.792. The van der Waals surface area contributed by atoms with Gasteiger partial charge >= 0.3 is 0 Å². The maximum Gasteiger partial charge on any atom is 0.123 e. The zero-order valence-corrected chi connectivity index (χ0v) is 12.9. The fourth-order valence-corrected chi connectivity index (χ4v) is 2.84. The first-order valence-electron chi connectivity index (χ1n) is 6.30. The Hall–Kier alpha value is -0.910. The number of hydrogen-bond donors (Lipinski definition) is 1. The minimum absolute atomic E-state index is 0.261. The Morgan fingerprint density at radius 3 is 2.68 bits per heavy atom. The lowest BCUT2D eigenvalue weighted by Gasteiger charge is -2.15. The summed E-state index contributed by atoms with van der Waals surface area (Å²) in [5, 5.41) is 3.20. The largest absolute Gasteiger partial charge is 0.496 e. The van der Waals surface area contributed by atoms with Gasteiger partial charge in [-0.3, -0.25) is 4.21 Å². The first-order valence-corrected chi connectivity index (χ1v) is 7.79. The van der Waals surface area contributed by atoms with E-state index in [0.29, 0.717) is 18.1 Å². The van der Waals surface area contributed by atoms with Crippen LogP contribution in [0, 0.1) is 0 Å². The summed E-state index contributed by atoms with van der Waals surface area (Å²) in [6.07, 6.45) is 0. The summed E-state index contributed by atoms with van der Waals surface area (Å²) in [6, 6.07) is 6.29. The third-order valence-electron chi connectivity index (χ3n) is 3.07. The molecule has 1 aromatic rings. The average molecular weight is 285 g/mol. The van der Waals surface area contributed by atoms with Gasteiger partial charge in [0.25, 0.3) is 0 Å². The first kappa shape index (κ1) is 16.1. The molecule has 0 aliphatic rings. The van der Waals surface area contributed by atoms with Crippen LogP contribution in [0.2, 0.25) is 0 Å². The van der Waals surface area contributed by atoms with E-state index in [0.717, 1.165) is 11.3 Å². The lowest BCUT2D eigenvalue weighted by atomic mass is 10.1. The highest BCUT2D eigenvalue weighted by Crippen LogP contribution is 2.24. The highest BCUT2D eigenvalue weighted by molar-refractivity contribution is 7.84. The molecule has 1 rings (SSSR count). The molecule has 0 aromatic heterocycles. The molecule has 0 radical (unpaired) electrons. The molecule has 4 nitrogen and oxygen atoms in total.